The van der Waals surface area contributed by atoms with Crippen LogP contribution in [0.15, 0.2) is 0 Å². The molecule has 0 aliphatic heterocycles. The second kappa shape index (κ2) is 11.8. The number of rotatable bonds is 2. The van der Waals surface area contributed by atoms with E-state index in [0.717, 1.165) is 0 Å². The van der Waals surface area contributed by atoms with Crippen LogP contribution < -0.4 is 12.3 Å². The summed E-state index contributed by atoms with van der Waals surface area (Å²) in [6.45, 7) is 0. The SMILES string of the molecule is C.O=S([O-])OS(=O)[O-].[NH4+].[NH4+]. The number of hydrogen-bond acceptors (Lipinski definition) is 5. The van der Waals surface area contributed by atoms with E-state index >= 15 is 0 Å². The summed E-state index contributed by atoms with van der Waals surface area (Å²) in [5, 5.41) is 0. The zero-order chi connectivity index (χ0) is 5.86. The van der Waals surface area contributed by atoms with E-state index in [-0.39, 0.29) is 19.7 Å². The van der Waals surface area contributed by atoms with Crippen molar-refractivity contribution in [3.05, 3.63) is 0 Å². The maximum absolute atomic E-state index is 9.19. The van der Waals surface area contributed by atoms with E-state index in [1.54, 1.807) is 0 Å². The Morgan fingerprint density at radius 1 is 1.00 bits per heavy atom. The summed E-state index contributed by atoms with van der Waals surface area (Å²) in [5.41, 5.74) is 0. The molecule has 0 aromatic heterocycles. The van der Waals surface area contributed by atoms with Crippen molar-refractivity contribution in [2.24, 2.45) is 0 Å². The van der Waals surface area contributed by atoms with Gasteiger partial charge in [-0.2, -0.15) is 0 Å². The molecule has 0 radical (unpaired) electrons. The second-order valence-corrected chi connectivity index (χ2v) is 1.84. The third kappa shape index (κ3) is 24.3. The molecule has 0 unspecified atom stereocenters. The van der Waals surface area contributed by atoms with E-state index in [9.17, 15) is 17.5 Å². The van der Waals surface area contributed by atoms with Gasteiger partial charge in [-0.1, -0.05) is 7.43 Å². The van der Waals surface area contributed by atoms with Crippen LogP contribution in [-0.2, 0) is 26.4 Å². The largest absolute Gasteiger partial charge is 0.749 e. The molecule has 9 heteroatoms. The van der Waals surface area contributed by atoms with Crippen molar-refractivity contribution in [1.82, 2.24) is 12.3 Å². The maximum Gasteiger partial charge on any atom is 0.0994 e. The Morgan fingerprint density at radius 2 is 1.20 bits per heavy atom. The van der Waals surface area contributed by atoms with Gasteiger partial charge in [-0.25, -0.2) is 12.0 Å². The van der Waals surface area contributed by atoms with Crippen LogP contribution in [0.3, 0.4) is 0 Å². The summed E-state index contributed by atoms with van der Waals surface area (Å²) in [7, 11) is 0. The molecule has 0 spiro atoms. The first-order valence-electron chi connectivity index (χ1n) is 1.00. The standard InChI is InChI=1S/CH4.2H3N.H2O5S2/c;;;1-6(2)5-7(3)4/h1H4;2*1H3;(H,1,2)(H,3,4). The third-order valence-corrected chi connectivity index (χ3v) is 1.00. The van der Waals surface area contributed by atoms with Gasteiger partial charge < -0.3 is 21.4 Å². The minimum Gasteiger partial charge on any atom is -0.749 e. The molecule has 0 heterocycles. The molecule has 0 atom stereocenters. The topological polar surface area (TPSA) is 162 Å². The summed E-state index contributed by atoms with van der Waals surface area (Å²) in [4.78, 5) is 0. The summed E-state index contributed by atoms with van der Waals surface area (Å²) in [5.74, 6) is 0. The fourth-order valence-electron chi connectivity index (χ4n) is 0.0454. The predicted molar refractivity (Wildman–Crippen MR) is 37.6 cm³/mol. The van der Waals surface area contributed by atoms with Crippen LogP contribution in [0.2, 0.25) is 0 Å². The predicted octanol–water partition coefficient (Wildman–Crippen LogP) is -0.0203. The van der Waals surface area contributed by atoms with Gasteiger partial charge in [-0.15, -0.1) is 0 Å². The van der Waals surface area contributed by atoms with E-state index < -0.39 is 22.7 Å². The Morgan fingerprint density at radius 3 is 1.20 bits per heavy atom. The Bertz CT molecular complexity index is 93.8. The van der Waals surface area contributed by atoms with Gasteiger partial charge in [0, 0.05) is 0 Å². The first-order chi connectivity index (χ1) is 3.13. The van der Waals surface area contributed by atoms with Crippen LogP contribution in [-0.4, -0.2) is 17.5 Å². The maximum atomic E-state index is 9.19. The molecular weight excluding hydrogens is 184 g/mol. The first kappa shape index (κ1) is 22.5. The van der Waals surface area contributed by atoms with Gasteiger partial charge in [-0.05, 0) is 0 Å². The van der Waals surface area contributed by atoms with Crippen molar-refractivity contribution in [3.63, 3.8) is 0 Å². The molecule has 0 aromatic rings. The van der Waals surface area contributed by atoms with E-state index in [0.29, 0.717) is 0 Å². The molecule has 0 aliphatic rings. The van der Waals surface area contributed by atoms with Gasteiger partial charge in [0.2, 0.25) is 0 Å². The van der Waals surface area contributed by atoms with Crippen LogP contribution in [0, 0.1) is 0 Å². The van der Waals surface area contributed by atoms with E-state index in [2.05, 4.69) is 3.63 Å². The van der Waals surface area contributed by atoms with Crippen molar-refractivity contribution in [2.75, 3.05) is 0 Å². The molecule has 0 saturated heterocycles. The van der Waals surface area contributed by atoms with Crippen molar-refractivity contribution in [1.29, 1.82) is 0 Å². The highest BCUT2D eigenvalue weighted by atomic mass is 32.3. The lowest BCUT2D eigenvalue weighted by Gasteiger charge is -2.04. The Balaban J connectivity index is -0.0000000600. The number of quaternary nitrogens is 2. The van der Waals surface area contributed by atoms with Gasteiger partial charge in [-0.3, -0.25) is 0 Å². The summed E-state index contributed by atoms with van der Waals surface area (Å²) >= 11 is -5.92. The normalized spacial score (nSPS) is 13.0. The van der Waals surface area contributed by atoms with E-state index in [4.69, 9.17) is 0 Å². The van der Waals surface area contributed by atoms with Gasteiger partial charge in [0.15, 0.2) is 0 Å². The average molecular weight is 196 g/mol. The molecule has 0 rings (SSSR count). The molecule has 0 fully saturated rings. The minimum atomic E-state index is -2.96. The fraction of sp³-hybridized carbons (Fsp3) is 1.00. The highest BCUT2D eigenvalue weighted by molar-refractivity contribution is 7.87. The molecule has 68 valence electrons. The second-order valence-electron chi connectivity index (χ2n) is 0.476. The van der Waals surface area contributed by atoms with Crippen molar-refractivity contribution >= 4 is 22.7 Å². The summed E-state index contributed by atoms with van der Waals surface area (Å²) in [6, 6.07) is 0. The molecule has 0 bridgehead atoms. The van der Waals surface area contributed by atoms with Crippen LogP contribution in [0.1, 0.15) is 7.43 Å². The zero-order valence-electron chi connectivity index (χ0n) is 4.86. The van der Waals surface area contributed by atoms with Crippen LogP contribution in [0.5, 0.6) is 0 Å². The molecule has 0 aromatic carbocycles. The Labute approximate surface area is 64.3 Å². The van der Waals surface area contributed by atoms with E-state index in [1.165, 1.54) is 0 Å². The van der Waals surface area contributed by atoms with Gasteiger partial charge >= 0.3 is 0 Å². The minimum absolute atomic E-state index is 0. The molecular formula is CH12N2O5S2. The van der Waals surface area contributed by atoms with Crippen LogP contribution >= 0.6 is 0 Å². The smallest absolute Gasteiger partial charge is 0.0994 e. The zero-order valence-corrected chi connectivity index (χ0v) is 6.49. The van der Waals surface area contributed by atoms with Crippen molar-refractivity contribution in [3.8, 4) is 0 Å². The van der Waals surface area contributed by atoms with E-state index in [1.807, 2.05) is 0 Å². The quantitative estimate of drug-likeness (QED) is 0.591. The molecule has 8 N–H and O–H groups in total. The lowest BCUT2D eigenvalue weighted by molar-refractivity contribution is 0.408. The highest BCUT2D eigenvalue weighted by Gasteiger charge is 1.76. The summed E-state index contributed by atoms with van der Waals surface area (Å²) < 4.78 is 39.9. The average Bonchev–Trinajstić information content (AvgIpc) is 1.27. The third-order valence-electron chi connectivity index (χ3n) is 0.111. The van der Waals surface area contributed by atoms with Gasteiger partial charge in [0.1, 0.15) is 0 Å². The number of hydrogen-bond donors (Lipinski definition) is 2. The molecule has 7 nitrogen and oxygen atoms in total. The Hall–Kier alpha value is 0.1000. The highest BCUT2D eigenvalue weighted by Crippen LogP contribution is 1.79. The van der Waals surface area contributed by atoms with Gasteiger partial charge in [0.05, 0.1) is 22.7 Å². The molecule has 0 amide bonds. The van der Waals surface area contributed by atoms with Crippen LogP contribution in [0.4, 0.5) is 0 Å². The molecule has 0 aliphatic carbocycles. The van der Waals surface area contributed by atoms with Crippen molar-refractivity contribution in [2.45, 2.75) is 7.43 Å². The molecule has 10 heavy (non-hydrogen) atoms. The lowest BCUT2D eigenvalue weighted by atomic mass is 12.0. The first-order valence-corrected chi connectivity index (χ1v) is 3.00. The van der Waals surface area contributed by atoms with Crippen LogP contribution in [0.25, 0.3) is 0 Å². The fourth-order valence-corrected chi connectivity index (χ4v) is 0.408. The van der Waals surface area contributed by atoms with Gasteiger partial charge in [0.25, 0.3) is 0 Å². The monoisotopic (exact) mass is 196 g/mol. The lowest BCUT2D eigenvalue weighted by Crippen LogP contribution is -1.97. The molecule has 0 saturated carbocycles. The van der Waals surface area contributed by atoms with Crippen molar-refractivity contribution < 1.29 is 21.2 Å². The Kier molecular flexibility index (Phi) is 26.6. The summed E-state index contributed by atoms with van der Waals surface area (Å²) in [6.07, 6.45) is 0.